The van der Waals surface area contributed by atoms with Gasteiger partial charge in [-0.3, -0.25) is 10.1 Å². The second-order valence-electron chi connectivity index (χ2n) is 2.29. The van der Waals surface area contributed by atoms with Crippen LogP contribution in [0.2, 0.25) is 0 Å². The van der Waals surface area contributed by atoms with Gasteiger partial charge >= 0.3 is 0 Å². The van der Waals surface area contributed by atoms with Gasteiger partial charge in [-0.2, -0.15) is 4.37 Å². The van der Waals surface area contributed by atoms with E-state index in [1.807, 2.05) is 5.38 Å². The molecule has 0 aliphatic rings. The van der Waals surface area contributed by atoms with Gasteiger partial charge in [0.25, 0.3) is 5.24 Å². The summed E-state index contributed by atoms with van der Waals surface area (Å²) in [6, 6.07) is 1.79. The van der Waals surface area contributed by atoms with E-state index in [1.165, 1.54) is 11.5 Å². The number of aromatic nitrogens is 3. The first-order chi connectivity index (χ1) is 6.84. The summed E-state index contributed by atoms with van der Waals surface area (Å²) in [6.07, 6.45) is 3.21. The van der Waals surface area contributed by atoms with Crippen LogP contribution in [-0.2, 0) is 0 Å². The summed E-state index contributed by atoms with van der Waals surface area (Å²) in [4.78, 5) is 18.0. The highest BCUT2D eigenvalue weighted by Crippen LogP contribution is 2.18. The van der Waals surface area contributed by atoms with E-state index in [0.29, 0.717) is 11.0 Å². The van der Waals surface area contributed by atoms with Gasteiger partial charge in [0.1, 0.15) is 5.03 Å². The molecule has 14 heavy (non-hydrogen) atoms. The molecule has 0 bridgehead atoms. The highest BCUT2D eigenvalue weighted by atomic mass is 32.2. The first-order valence-electron chi connectivity index (χ1n) is 3.73. The van der Waals surface area contributed by atoms with E-state index in [4.69, 9.17) is 0 Å². The molecule has 0 aliphatic heterocycles. The van der Waals surface area contributed by atoms with Crippen LogP contribution in [0.3, 0.4) is 0 Å². The molecule has 2 aromatic rings. The Balaban J connectivity index is 1.91. The minimum absolute atomic E-state index is 0.203. The van der Waals surface area contributed by atoms with Crippen molar-refractivity contribution in [3.63, 3.8) is 0 Å². The lowest BCUT2D eigenvalue weighted by Crippen LogP contribution is -2.05. The molecule has 0 fully saturated rings. The van der Waals surface area contributed by atoms with E-state index in [0.717, 1.165) is 11.8 Å². The Morgan fingerprint density at radius 2 is 2.57 bits per heavy atom. The van der Waals surface area contributed by atoms with Gasteiger partial charge < -0.3 is 4.98 Å². The van der Waals surface area contributed by atoms with Crippen molar-refractivity contribution in [2.75, 3.05) is 5.32 Å². The highest BCUT2D eigenvalue weighted by Gasteiger charge is 2.07. The lowest BCUT2D eigenvalue weighted by Gasteiger charge is -1.97. The van der Waals surface area contributed by atoms with Crippen LogP contribution in [0.25, 0.3) is 0 Å². The van der Waals surface area contributed by atoms with Crippen molar-refractivity contribution in [2.24, 2.45) is 0 Å². The van der Waals surface area contributed by atoms with Gasteiger partial charge in [-0.25, -0.2) is 4.98 Å². The van der Waals surface area contributed by atoms with E-state index >= 15 is 0 Å². The van der Waals surface area contributed by atoms with Crippen LogP contribution < -0.4 is 5.32 Å². The molecule has 2 aromatic heterocycles. The number of imidazole rings is 1. The molecular weight excluding hydrogens is 220 g/mol. The lowest BCUT2D eigenvalue weighted by atomic mass is 10.8. The Hall–Kier alpha value is -1.34. The molecular formula is C7H6N4OS2. The average Bonchev–Trinajstić information content (AvgIpc) is 2.76. The van der Waals surface area contributed by atoms with Crippen molar-refractivity contribution in [2.45, 2.75) is 5.03 Å². The third kappa shape index (κ3) is 2.33. The maximum atomic E-state index is 11.3. The van der Waals surface area contributed by atoms with Crippen molar-refractivity contribution >= 4 is 34.5 Å². The lowest BCUT2D eigenvalue weighted by molar-refractivity contribution is 0.269. The van der Waals surface area contributed by atoms with Crippen LogP contribution in [0.4, 0.5) is 10.7 Å². The smallest absolute Gasteiger partial charge is 0.292 e. The number of carbonyl (C=O) groups excluding carboxylic acids is 1. The highest BCUT2D eigenvalue weighted by molar-refractivity contribution is 8.13. The zero-order chi connectivity index (χ0) is 9.80. The molecule has 0 aliphatic carbocycles. The molecule has 72 valence electrons. The van der Waals surface area contributed by atoms with Crippen molar-refractivity contribution in [3.05, 3.63) is 23.8 Å². The van der Waals surface area contributed by atoms with E-state index in [2.05, 4.69) is 19.7 Å². The minimum atomic E-state index is -0.203. The Morgan fingerprint density at radius 1 is 1.64 bits per heavy atom. The minimum Gasteiger partial charge on any atom is -0.331 e. The number of nitrogens with zero attached hydrogens (tertiary/aromatic N) is 2. The van der Waals surface area contributed by atoms with Gasteiger partial charge in [0, 0.05) is 17.8 Å². The third-order valence-corrected chi connectivity index (χ3v) is 2.73. The fraction of sp³-hybridized carbons (Fsp3) is 0. The molecule has 0 atom stereocenters. The second kappa shape index (κ2) is 4.25. The van der Waals surface area contributed by atoms with E-state index < -0.39 is 0 Å². The number of nitrogens with one attached hydrogen (secondary N) is 2. The number of anilines is 1. The number of hydrogen-bond donors (Lipinski definition) is 2. The van der Waals surface area contributed by atoms with Gasteiger partial charge in [0.15, 0.2) is 0 Å². The Labute approximate surface area is 88.1 Å². The summed E-state index contributed by atoms with van der Waals surface area (Å²) in [5.74, 6) is 0.442. The summed E-state index contributed by atoms with van der Waals surface area (Å²) >= 11 is 2.35. The molecule has 7 heteroatoms. The van der Waals surface area contributed by atoms with Crippen molar-refractivity contribution in [1.82, 2.24) is 14.3 Å². The largest absolute Gasteiger partial charge is 0.331 e. The molecule has 5 nitrogen and oxygen atoms in total. The first-order valence-corrected chi connectivity index (χ1v) is 5.38. The number of amides is 1. The number of hydrogen-bond acceptors (Lipinski definition) is 5. The first kappa shape index (κ1) is 9.22. The SMILES string of the molecule is O=C(Nc1ncc[nH]1)Sc1ccsn1. The van der Waals surface area contributed by atoms with E-state index in [9.17, 15) is 4.79 Å². The summed E-state index contributed by atoms with van der Waals surface area (Å²) in [5.41, 5.74) is 0. The number of thioether (sulfide) groups is 1. The fourth-order valence-corrected chi connectivity index (χ4v) is 2.06. The van der Waals surface area contributed by atoms with Crippen LogP contribution in [0.15, 0.2) is 28.9 Å². The average molecular weight is 226 g/mol. The number of aromatic amines is 1. The summed E-state index contributed by atoms with van der Waals surface area (Å²) in [6.45, 7) is 0. The molecule has 0 spiro atoms. The Kier molecular flexibility index (Phi) is 2.80. The zero-order valence-electron chi connectivity index (χ0n) is 6.93. The molecule has 0 unspecified atom stereocenters. The van der Waals surface area contributed by atoms with Crippen molar-refractivity contribution < 1.29 is 4.79 Å². The number of carbonyl (C=O) groups is 1. The topological polar surface area (TPSA) is 70.7 Å². The maximum absolute atomic E-state index is 11.3. The fourth-order valence-electron chi connectivity index (χ4n) is 0.805. The molecule has 2 heterocycles. The van der Waals surface area contributed by atoms with Gasteiger partial charge in [0.2, 0.25) is 5.95 Å². The van der Waals surface area contributed by atoms with Crippen LogP contribution in [0.5, 0.6) is 0 Å². The van der Waals surface area contributed by atoms with Crippen molar-refractivity contribution in [3.8, 4) is 0 Å². The van der Waals surface area contributed by atoms with Gasteiger partial charge in [-0.05, 0) is 29.4 Å². The molecule has 2 rings (SSSR count). The normalized spacial score (nSPS) is 10.0. The zero-order valence-corrected chi connectivity index (χ0v) is 8.56. The van der Waals surface area contributed by atoms with Crippen LogP contribution in [0.1, 0.15) is 0 Å². The van der Waals surface area contributed by atoms with Crippen LogP contribution in [0, 0.1) is 0 Å². The second-order valence-corrected chi connectivity index (χ2v) is 3.95. The molecule has 0 saturated heterocycles. The molecule has 2 N–H and O–H groups in total. The quantitative estimate of drug-likeness (QED) is 0.770. The number of rotatable bonds is 2. The predicted molar refractivity (Wildman–Crippen MR) is 55.6 cm³/mol. The molecule has 0 saturated carbocycles. The predicted octanol–water partition coefficient (Wildman–Crippen LogP) is 2.19. The third-order valence-electron chi connectivity index (χ3n) is 1.33. The molecule has 0 aromatic carbocycles. The van der Waals surface area contributed by atoms with Gasteiger partial charge in [-0.1, -0.05) is 0 Å². The molecule has 1 amide bonds. The van der Waals surface area contributed by atoms with Gasteiger partial charge in [-0.15, -0.1) is 0 Å². The standard InChI is InChI=1S/C7H6N4OS2/c12-7(10-6-8-2-3-9-6)14-5-1-4-13-11-5/h1-4H,(H2,8,9,10,12). The van der Waals surface area contributed by atoms with Crippen LogP contribution in [-0.4, -0.2) is 19.6 Å². The van der Waals surface area contributed by atoms with Gasteiger partial charge in [0.05, 0.1) is 0 Å². The summed E-state index contributed by atoms with van der Waals surface area (Å²) in [7, 11) is 0. The van der Waals surface area contributed by atoms with Crippen molar-refractivity contribution in [1.29, 1.82) is 0 Å². The Morgan fingerprint density at radius 3 is 3.21 bits per heavy atom. The maximum Gasteiger partial charge on any atom is 0.292 e. The monoisotopic (exact) mass is 226 g/mol. The summed E-state index contributed by atoms with van der Waals surface area (Å²) < 4.78 is 4.00. The Bertz CT molecular complexity index is 359. The molecule has 0 radical (unpaired) electrons. The summed E-state index contributed by atoms with van der Waals surface area (Å²) in [5, 5.41) is 4.89. The van der Waals surface area contributed by atoms with Crippen LogP contribution >= 0.6 is 23.3 Å². The van der Waals surface area contributed by atoms with E-state index in [-0.39, 0.29) is 5.24 Å². The van der Waals surface area contributed by atoms with E-state index in [1.54, 1.807) is 18.5 Å². The number of H-pyrrole nitrogens is 1.